The van der Waals surface area contributed by atoms with E-state index in [1.807, 2.05) is 30.3 Å². The van der Waals surface area contributed by atoms with Crippen LogP contribution in [0.15, 0.2) is 85.1 Å². The monoisotopic (exact) mass is 1080 g/mol. The SMILES string of the molecule is COCCOCCOCCOCCOCCOCCOCCOC(=O)N1CCCN(CCN(C)C(=O)c2cccc(C(=O)Nc3ccc(N4CCCCC4)cc3-c3cc(C(=O)NC4CCCc5ccccc54)ccn3)c2)CC1. The number of methoxy groups -OCH3 is 1. The van der Waals surface area contributed by atoms with Crippen molar-refractivity contribution in [1.82, 2.24) is 25.0 Å². The average Bonchev–Trinajstić information content (AvgIpc) is 3.80. The van der Waals surface area contributed by atoms with E-state index in [-0.39, 0.29) is 43.1 Å². The van der Waals surface area contributed by atoms with Crippen LogP contribution in [-0.2, 0) is 44.3 Å². The van der Waals surface area contributed by atoms with E-state index < -0.39 is 0 Å². The van der Waals surface area contributed by atoms with Crippen molar-refractivity contribution in [3.63, 3.8) is 0 Å². The molecule has 19 heteroatoms. The lowest BCUT2D eigenvalue weighted by Gasteiger charge is -2.29. The first-order valence-electron chi connectivity index (χ1n) is 27.8. The molecule has 0 saturated carbocycles. The van der Waals surface area contributed by atoms with Crippen molar-refractivity contribution in [2.75, 3.05) is 169 Å². The lowest BCUT2D eigenvalue weighted by atomic mass is 9.87. The molecule has 1 aliphatic carbocycles. The molecular weight excluding hydrogens is 999 g/mol. The summed E-state index contributed by atoms with van der Waals surface area (Å²) in [4.78, 5) is 67.3. The fourth-order valence-electron chi connectivity index (χ4n) is 9.67. The van der Waals surface area contributed by atoms with Gasteiger partial charge in [0, 0.05) is 94.1 Å². The van der Waals surface area contributed by atoms with Crippen molar-refractivity contribution in [1.29, 1.82) is 0 Å². The maximum Gasteiger partial charge on any atom is 0.409 e. The largest absolute Gasteiger partial charge is 0.447 e. The zero-order chi connectivity index (χ0) is 54.6. The van der Waals surface area contributed by atoms with Gasteiger partial charge in [-0.05, 0) is 111 Å². The van der Waals surface area contributed by atoms with Gasteiger partial charge in [-0.15, -0.1) is 0 Å². The van der Waals surface area contributed by atoms with Gasteiger partial charge in [0.05, 0.1) is 103 Å². The molecule has 0 bridgehead atoms. The number of fused-ring (bicyclic) bond motifs is 1. The molecule has 78 heavy (non-hydrogen) atoms. The van der Waals surface area contributed by atoms with E-state index in [4.69, 9.17) is 42.9 Å². The highest BCUT2D eigenvalue weighted by Gasteiger charge is 2.25. The van der Waals surface area contributed by atoms with Crippen molar-refractivity contribution < 1.29 is 57.1 Å². The zero-order valence-electron chi connectivity index (χ0n) is 45.8. The Labute approximate surface area is 460 Å². The highest BCUT2D eigenvalue weighted by molar-refractivity contribution is 6.08. The van der Waals surface area contributed by atoms with Gasteiger partial charge in [-0.1, -0.05) is 30.3 Å². The summed E-state index contributed by atoms with van der Waals surface area (Å²) in [5.41, 5.74) is 6.48. The second-order valence-electron chi connectivity index (χ2n) is 19.5. The van der Waals surface area contributed by atoms with Gasteiger partial charge in [-0.25, -0.2) is 4.79 Å². The first kappa shape index (κ1) is 59.6. The molecule has 3 aromatic carbocycles. The Balaban J connectivity index is 0.804. The van der Waals surface area contributed by atoms with Gasteiger partial charge in [-0.3, -0.25) is 24.3 Å². The molecule has 4 aromatic rings. The number of anilines is 2. The number of ether oxygens (including phenoxy) is 8. The maximum absolute atomic E-state index is 14.1. The standard InChI is InChI=1S/C59H81N7O12/c1-63(25-26-64-21-10-24-66(28-27-64)59(70)78-42-41-77-40-39-76-38-37-75-36-35-74-34-33-73-32-31-72-30-29-71-2)58(69)49-14-8-13-47(43-49)56(67)62-54-18-17-50(65-22-6-3-7-23-65)45-52(54)55-44-48(19-20-60-55)57(68)61-53-16-9-12-46-11-4-5-15-51(46)53/h4-5,8,11,13-15,17-20,43-45,53H,3,6-7,9-10,12,16,21-42H2,1-2H3,(H,61,68)(H,62,67). The number of pyridine rings is 1. The molecule has 0 spiro atoms. The topological polar surface area (TPSA) is 192 Å². The fourth-order valence-corrected chi connectivity index (χ4v) is 9.67. The van der Waals surface area contributed by atoms with Crippen LogP contribution in [0.2, 0.25) is 0 Å². The molecule has 1 aromatic heterocycles. The van der Waals surface area contributed by atoms with Crippen LogP contribution >= 0.6 is 0 Å². The number of hydrogen-bond donors (Lipinski definition) is 2. The van der Waals surface area contributed by atoms with Crippen molar-refractivity contribution in [2.24, 2.45) is 0 Å². The van der Waals surface area contributed by atoms with Crippen molar-refractivity contribution in [3.05, 3.63) is 113 Å². The minimum absolute atomic E-state index is 0.0717. The Kier molecular flexibility index (Phi) is 25.5. The van der Waals surface area contributed by atoms with Gasteiger partial charge in [0.15, 0.2) is 0 Å². The minimum Gasteiger partial charge on any atom is -0.447 e. The molecule has 4 amide bonds. The second kappa shape index (κ2) is 33.4. The Morgan fingerprint density at radius 1 is 0.615 bits per heavy atom. The predicted molar refractivity (Wildman–Crippen MR) is 297 cm³/mol. The number of amides is 4. The predicted octanol–water partition coefficient (Wildman–Crippen LogP) is 6.76. The fraction of sp³-hybridized carbons (Fsp3) is 0.542. The van der Waals surface area contributed by atoms with Gasteiger partial charge in [0.2, 0.25) is 0 Å². The van der Waals surface area contributed by atoms with E-state index in [1.54, 1.807) is 66.6 Å². The maximum atomic E-state index is 14.1. The number of piperidine rings is 1. The van der Waals surface area contributed by atoms with Crippen LogP contribution in [0.25, 0.3) is 11.3 Å². The molecule has 2 N–H and O–H groups in total. The quantitative estimate of drug-likeness (QED) is 0.0502. The highest BCUT2D eigenvalue weighted by Crippen LogP contribution is 2.34. The Morgan fingerprint density at radius 2 is 1.27 bits per heavy atom. The second-order valence-corrected chi connectivity index (χ2v) is 19.5. The van der Waals surface area contributed by atoms with Crippen LogP contribution < -0.4 is 15.5 Å². The summed E-state index contributed by atoms with van der Waals surface area (Å²) in [5.74, 6) is -0.756. The molecule has 0 radical (unpaired) electrons. The van der Waals surface area contributed by atoms with Crippen LogP contribution in [0.5, 0.6) is 0 Å². The number of aryl methyl sites for hydroxylation is 1. The number of hydrogen-bond acceptors (Lipinski definition) is 15. The molecule has 3 heterocycles. The number of benzene rings is 3. The smallest absolute Gasteiger partial charge is 0.409 e. The van der Waals surface area contributed by atoms with Crippen molar-refractivity contribution in [2.45, 2.75) is 51.0 Å². The summed E-state index contributed by atoms with van der Waals surface area (Å²) in [6.45, 7) is 11.6. The van der Waals surface area contributed by atoms with Crippen LogP contribution in [0.4, 0.5) is 16.2 Å². The van der Waals surface area contributed by atoms with Gasteiger partial charge in [0.1, 0.15) is 6.61 Å². The summed E-state index contributed by atoms with van der Waals surface area (Å²) in [6, 6.07) is 24.5. The number of carbonyl (C=O) groups excluding carboxylic acids is 4. The number of rotatable bonds is 31. The molecule has 19 nitrogen and oxygen atoms in total. The first-order chi connectivity index (χ1) is 38.3. The Morgan fingerprint density at radius 3 is 1.97 bits per heavy atom. The number of aromatic nitrogens is 1. The summed E-state index contributed by atoms with van der Waals surface area (Å²) in [6.07, 6.45) is 8.32. The van der Waals surface area contributed by atoms with Gasteiger partial charge >= 0.3 is 6.09 Å². The van der Waals surface area contributed by atoms with E-state index in [9.17, 15) is 19.2 Å². The molecule has 3 aliphatic rings. The lowest BCUT2D eigenvalue weighted by molar-refractivity contribution is -0.0209. The summed E-state index contributed by atoms with van der Waals surface area (Å²) in [5, 5.41) is 6.38. The van der Waals surface area contributed by atoms with E-state index in [0.29, 0.717) is 146 Å². The number of carbonyl (C=O) groups is 4. The number of likely N-dealkylation sites (N-methyl/N-ethyl adjacent to an activating group) is 1. The van der Waals surface area contributed by atoms with Crippen LogP contribution in [0.1, 0.15) is 86.8 Å². The normalized spacial score (nSPS) is 15.8. The molecule has 2 aliphatic heterocycles. The Bertz CT molecular complexity index is 2480. The number of nitrogens with one attached hydrogen (secondary N) is 2. The van der Waals surface area contributed by atoms with Crippen molar-refractivity contribution in [3.8, 4) is 11.3 Å². The van der Waals surface area contributed by atoms with E-state index in [0.717, 1.165) is 69.4 Å². The van der Waals surface area contributed by atoms with E-state index in [1.165, 1.54) is 12.0 Å². The molecule has 2 fully saturated rings. The van der Waals surface area contributed by atoms with Crippen LogP contribution in [0.3, 0.4) is 0 Å². The Hall–Kier alpha value is -6.03. The molecule has 7 rings (SSSR count). The molecule has 424 valence electrons. The van der Waals surface area contributed by atoms with Gasteiger partial charge in [-0.2, -0.15) is 0 Å². The third-order valence-corrected chi connectivity index (χ3v) is 14.0. The third-order valence-electron chi connectivity index (χ3n) is 14.0. The summed E-state index contributed by atoms with van der Waals surface area (Å²) in [7, 11) is 3.40. The lowest BCUT2D eigenvalue weighted by Crippen LogP contribution is -2.39. The van der Waals surface area contributed by atoms with E-state index in [2.05, 4.69) is 32.6 Å². The van der Waals surface area contributed by atoms with Gasteiger partial charge in [0.25, 0.3) is 17.7 Å². The van der Waals surface area contributed by atoms with Crippen LogP contribution in [-0.4, -0.2) is 203 Å². The van der Waals surface area contributed by atoms with Crippen molar-refractivity contribution >= 4 is 35.2 Å². The molecule has 2 saturated heterocycles. The molecular formula is C59H81N7O12. The van der Waals surface area contributed by atoms with Crippen LogP contribution in [0, 0.1) is 0 Å². The summed E-state index contributed by atoms with van der Waals surface area (Å²) >= 11 is 0. The van der Waals surface area contributed by atoms with E-state index >= 15 is 0 Å². The first-order valence-corrected chi connectivity index (χ1v) is 27.8. The number of nitrogens with zero attached hydrogens (tertiary/aromatic N) is 5. The molecule has 1 atom stereocenters. The summed E-state index contributed by atoms with van der Waals surface area (Å²) < 4.78 is 43.3. The third kappa shape index (κ3) is 19.4. The highest BCUT2D eigenvalue weighted by atomic mass is 16.6. The average molecular weight is 1080 g/mol. The zero-order valence-corrected chi connectivity index (χ0v) is 45.8. The minimum atomic E-state index is -0.374. The van der Waals surface area contributed by atoms with Gasteiger partial charge < -0.3 is 63.2 Å². The molecule has 1 unspecified atom stereocenters.